The van der Waals surface area contributed by atoms with Crippen molar-refractivity contribution in [1.29, 1.82) is 0 Å². The molecule has 3 aromatic carbocycles. The molecular weight excluding hydrogens is 448 g/mol. The summed E-state index contributed by atoms with van der Waals surface area (Å²) in [5.74, 6) is -0.236. The van der Waals surface area contributed by atoms with E-state index < -0.39 is 6.04 Å². The van der Waals surface area contributed by atoms with Crippen LogP contribution in [-0.4, -0.2) is 35.9 Å². The highest BCUT2D eigenvalue weighted by Crippen LogP contribution is 2.19. The van der Waals surface area contributed by atoms with Gasteiger partial charge in [0.2, 0.25) is 11.8 Å². The Morgan fingerprint density at radius 1 is 0.889 bits per heavy atom. The second-order valence-corrected chi connectivity index (χ2v) is 9.36. The smallest absolute Gasteiger partial charge is 0.242 e. The topological polar surface area (TPSA) is 100 Å². The first-order valence-corrected chi connectivity index (χ1v) is 12.9. The summed E-state index contributed by atoms with van der Waals surface area (Å²) in [4.78, 5) is 29.2. The fourth-order valence-electron chi connectivity index (χ4n) is 4.64. The minimum absolute atomic E-state index is 0.0830. The highest BCUT2D eigenvalue weighted by atomic mass is 16.2. The summed E-state index contributed by atoms with van der Waals surface area (Å²) in [6, 6.07) is 21.9. The molecule has 36 heavy (non-hydrogen) atoms. The molecule has 0 saturated heterocycles. The molecule has 6 nitrogen and oxygen atoms in total. The van der Waals surface area contributed by atoms with Crippen LogP contribution >= 0.6 is 0 Å². The lowest BCUT2D eigenvalue weighted by molar-refractivity contribution is -0.129. The number of carbonyl (C=O) groups is 2. The quantitative estimate of drug-likeness (QED) is 0.208. The number of rotatable bonds is 13. The van der Waals surface area contributed by atoms with Gasteiger partial charge in [-0.25, -0.2) is 0 Å². The van der Waals surface area contributed by atoms with Crippen LogP contribution in [0.15, 0.2) is 72.9 Å². The van der Waals surface area contributed by atoms with E-state index in [2.05, 4.69) is 45.9 Å². The predicted octanol–water partition coefficient (Wildman–Crippen LogP) is 4.62. The Labute approximate surface area is 212 Å². The van der Waals surface area contributed by atoms with Gasteiger partial charge in [-0.2, -0.15) is 0 Å². The number of aromatic nitrogens is 1. The van der Waals surface area contributed by atoms with Gasteiger partial charge in [-0.3, -0.25) is 9.59 Å². The molecule has 0 radical (unpaired) electrons. The predicted molar refractivity (Wildman–Crippen MR) is 147 cm³/mol. The van der Waals surface area contributed by atoms with Gasteiger partial charge < -0.3 is 21.4 Å². The van der Waals surface area contributed by atoms with Gasteiger partial charge in [0.25, 0.3) is 0 Å². The molecule has 6 heteroatoms. The minimum Gasteiger partial charge on any atom is -0.361 e. The summed E-state index contributed by atoms with van der Waals surface area (Å²) < 4.78 is 0. The molecule has 1 unspecified atom stereocenters. The third kappa shape index (κ3) is 6.95. The van der Waals surface area contributed by atoms with Crippen LogP contribution in [-0.2, 0) is 22.4 Å². The van der Waals surface area contributed by atoms with Gasteiger partial charge in [-0.05, 0) is 53.8 Å². The zero-order valence-corrected chi connectivity index (χ0v) is 20.8. The van der Waals surface area contributed by atoms with E-state index >= 15 is 0 Å². The number of unbranched alkanes of at least 4 members (excludes halogenated alkanes) is 3. The first-order chi connectivity index (χ1) is 17.6. The van der Waals surface area contributed by atoms with Crippen LogP contribution < -0.4 is 16.4 Å². The van der Waals surface area contributed by atoms with Crippen LogP contribution in [0.5, 0.6) is 0 Å². The molecule has 0 aliphatic heterocycles. The Morgan fingerprint density at radius 2 is 1.67 bits per heavy atom. The van der Waals surface area contributed by atoms with E-state index in [-0.39, 0.29) is 11.8 Å². The lowest BCUT2D eigenvalue weighted by Gasteiger charge is -2.19. The maximum atomic E-state index is 13.2. The van der Waals surface area contributed by atoms with Crippen molar-refractivity contribution < 1.29 is 9.59 Å². The van der Waals surface area contributed by atoms with Gasteiger partial charge in [0.05, 0.1) is 0 Å². The van der Waals surface area contributed by atoms with Crippen LogP contribution in [0, 0.1) is 0 Å². The second-order valence-electron chi connectivity index (χ2n) is 9.36. The lowest BCUT2D eigenvalue weighted by atomic mass is 10.0. The summed E-state index contributed by atoms with van der Waals surface area (Å²) in [5.41, 5.74) is 8.83. The van der Waals surface area contributed by atoms with Crippen molar-refractivity contribution in [2.45, 2.75) is 51.0 Å². The molecule has 5 N–H and O–H groups in total. The average Bonchev–Trinajstić information content (AvgIpc) is 3.31. The summed E-state index contributed by atoms with van der Waals surface area (Å²) in [5, 5.41) is 9.50. The zero-order valence-electron chi connectivity index (χ0n) is 20.8. The number of H-pyrrole nitrogens is 1. The molecule has 0 spiro atoms. The van der Waals surface area contributed by atoms with Crippen LogP contribution in [0.3, 0.4) is 0 Å². The molecule has 0 aliphatic rings. The fourth-order valence-corrected chi connectivity index (χ4v) is 4.64. The van der Waals surface area contributed by atoms with Gasteiger partial charge in [0, 0.05) is 36.5 Å². The Hall–Kier alpha value is -3.64. The van der Waals surface area contributed by atoms with Gasteiger partial charge in [-0.15, -0.1) is 0 Å². The van der Waals surface area contributed by atoms with Crippen LogP contribution in [0.25, 0.3) is 21.7 Å². The number of nitrogens with one attached hydrogen (secondary N) is 3. The highest BCUT2D eigenvalue weighted by Gasteiger charge is 2.21. The standard InChI is InChI=1S/C30H36N4O2/c31-17-8-2-1-3-13-29(35)34-28(20-22-14-15-23-9-4-5-10-24(23)19-22)30(36)32-18-16-25-21-33-27-12-7-6-11-26(25)27/h4-7,9-12,14-15,19,21,28,33H,1-3,8,13,16-18,20,31H2,(H,32,36)(H,34,35). The van der Waals surface area contributed by atoms with Gasteiger partial charge in [-0.1, -0.05) is 73.5 Å². The van der Waals surface area contributed by atoms with Gasteiger partial charge in [0.15, 0.2) is 0 Å². The Balaban J connectivity index is 1.38. The molecule has 188 valence electrons. The second kappa shape index (κ2) is 12.9. The fraction of sp³-hybridized carbons (Fsp3) is 0.333. The van der Waals surface area contributed by atoms with Gasteiger partial charge >= 0.3 is 0 Å². The normalized spacial score (nSPS) is 12.0. The number of fused-ring (bicyclic) bond motifs is 2. The van der Waals surface area contributed by atoms with Crippen molar-refractivity contribution in [3.05, 3.63) is 84.1 Å². The number of hydrogen-bond acceptors (Lipinski definition) is 3. The number of amides is 2. The van der Waals surface area contributed by atoms with Crippen molar-refractivity contribution in [1.82, 2.24) is 15.6 Å². The van der Waals surface area contributed by atoms with Gasteiger partial charge in [0.1, 0.15) is 6.04 Å². The number of aromatic amines is 1. The molecule has 1 atom stereocenters. The molecule has 1 heterocycles. The Kier molecular flexibility index (Phi) is 9.11. The van der Waals surface area contributed by atoms with E-state index in [1.165, 1.54) is 10.9 Å². The Bertz CT molecular complexity index is 1300. The van der Waals surface area contributed by atoms with E-state index in [1.807, 2.05) is 42.6 Å². The maximum Gasteiger partial charge on any atom is 0.242 e. The van der Waals surface area contributed by atoms with Crippen molar-refractivity contribution in [3.8, 4) is 0 Å². The monoisotopic (exact) mass is 484 g/mol. The molecule has 4 aromatic rings. The average molecular weight is 485 g/mol. The molecule has 0 aliphatic carbocycles. The molecule has 1 aromatic heterocycles. The SMILES string of the molecule is NCCCCCCC(=O)NC(Cc1ccc2ccccc2c1)C(=O)NCCc1c[nH]c2ccccc12. The summed E-state index contributed by atoms with van der Waals surface area (Å²) in [7, 11) is 0. The first kappa shape index (κ1) is 25.5. The van der Waals surface area contributed by atoms with Crippen molar-refractivity contribution in [3.63, 3.8) is 0 Å². The Morgan fingerprint density at radius 3 is 2.53 bits per heavy atom. The molecule has 0 saturated carbocycles. The summed E-state index contributed by atoms with van der Waals surface area (Å²) in [6.45, 7) is 1.18. The largest absolute Gasteiger partial charge is 0.361 e. The summed E-state index contributed by atoms with van der Waals surface area (Å²) >= 11 is 0. The van der Waals surface area contributed by atoms with E-state index in [0.717, 1.165) is 47.5 Å². The number of carbonyl (C=O) groups excluding carboxylic acids is 2. The van der Waals surface area contributed by atoms with Crippen LogP contribution in [0.4, 0.5) is 0 Å². The summed E-state index contributed by atoms with van der Waals surface area (Å²) in [6.07, 6.45) is 7.35. The number of hydrogen-bond donors (Lipinski definition) is 4. The van der Waals surface area contributed by atoms with Crippen molar-refractivity contribution in [2.24, 2.45) is 5.73 Å². The maximum absolute atomic E-state index is 13.2. The first-order valence-electron chi connectivity index (χ1n) is 12.9. The van der Waals surface area contributed by atoms with E-state index in [1.54, 1.807) is 0 Å². The minimum atomic E-state index is -0.620. The zero-order chi connectivity index (χ0) is 25.2. The molecule has 0 fully saturated rings. The highest BCUT2D eigenvalue weighted by molar-refractivity contribution is 5.88. The molecule has 4 rings (SSSR count). The lowest BCUT2D eigenvalue weighted by Crippen LogP contribution is -2.48. The van der Waals surface area contributed by atoms with E-state index in [0.29, 0.717) is 32.4 Å². The number of nitrogens with two attached hydrogens (primary N) is 1. The van der Waals surface area contributed by atoms with Crippen molar-refractivity contribution in [2.75, 3.05) is 13.1 Å². The molecule has 0 bridgehead atoms. The number of benzene rings is 3. The molecular formula is C30H36N4O2. The van der Waals surface area contributed by atoms with Crippen LogP contribution in [0.2, 0.25) is 0 Å². The van der Waals surface area contributed by atoms with Crippen molar-refractivity contribution >= 4 is 33.5 Å². The third-order valence-corrected chi connectivity index (χ3v) is 6.63. The van der Waals surface area contributed by atoms with E-state index in [9.17, 15) is 9.59 Å². The third-order valence-electron chi connectivity index (χ3n) is 6.63. The molecule has 2 amide bonds. The number of para-hydroxylation sites is 1. The van der Waals surface area contributed by atoms with Crippen LogP contribution in [0.1, 0.15) is 43.2 Å². The van der Waals surface area contributed by atoms with E-state index in [4.69, 9.17) is 5.73 Å².